The Bertz CT molecular complexity index is 685. The maximum Gasteiger partial charge on any atom is 0.225 e. The van der Waals surface area contributed by atoms with E-state index in [1.165, 1.54) is 0 Å². The number of rotatable bonds is 1. The highest BCUT2D eigenvalue weighted by Gasteiger charge is 2.32. The van der Waals surface area contributed by atoms with E-state index in [4.69, 9.17) is 0 Å². The second kappa shape index (κ2) is 4.67. The van der Waals surface area contributed by atoms with Crippen LogP contribution in [0.3, 0.4) is 0 Å². The number of amides is 1. The Hall–Kier alpha value is -2.30. The summed E-state index contributed by atoms with van der Waals surface area (Å²) in [5.41, 5.74) is 0.288. The van der Waals surface area contributed by atoms with Crippen molar-refractivity contribution in [3.05, 3.63) is 65.0 Å². The highest BCUT2D eigenvalue weighted by molar-refractivity contribution is 5.95. The van der Waals surface area contributed by atoms with Crippen LogP contribution in [0.25, 0.3) is 0 Å². The van der Waals surface area contributed by atoms with Crippen LogP contribution < -0.4 is 5.32 Å². The van der Waals surface area contributed by atoms with Crippen LogP contribution in [0.1, 0.15) is 23.5 Å². The minimum absolute atomic E-state index is 0.000986. The summed E-state index contributed by atoms with van der Waals surface area (Å²) in [6.45, 7) is 0. The quantitative estimate of drug-likeness (QED) is 0.793. The zero-order valence-electron chi connectivity index (χ0n) is 10.3. The van der Waals surface area contributed by atoms with Gasteiger partial charge in [0.2, 0.25) is 5.91 Å². The molecular formula is C15H10F3NO. The fourth-order valence-electron chi connectivity index (χ4n) is 2.52. The molecule has 2 aromatic rings. The average Bonchev–Trinajstić information content (AvgIpc) is 2.45. The summed E-state index contributed by atoms with van der Waals surface area (Å²) in [6.07, 6.45) is -0.000986. The van der Waals surface area contributed by atoms with Gasteiger partial charge in [0.1, 0.15) is 5.82 Å². The van der Waals surface area contributed by atoms with Gasteiger partial charge in [0.25, 0.3) is 0 Å². The Morgan fingerprint density at radius 1 is 1.05 bits per heavy atom. The van der Waals surface area contributed by atoms with E-state index in [9.17, 15) is 18.0 Å². The molecule has 0 saturated heterocycles. The summed E-state index contributed by atoms with van der Waals surface area (Å²) < 4.78 is 41.0. The Labute approximate surface area is 113 Å². The van der Waals surface area contributed by atoms with Crippen LogP contribution in [0.5, 0.6) is 0 Å². The maximum atomic E-state index is 14.0. The van der Waals surface area contributed by atoms with Crippen molar-refractivity contribution < 1.29 is 18.0 Å². The number of anilines is 1. The van der Waals surface area contributed by atoms with Crippen LogP contribution in [0.4, 0.5) is 18.9 Å². The largest absolute Gasteiger partial charge is 0.323 e. The topological polar surface area (TPSA) is 29.1 Å². The number of carbonyl (C=O) groups excluding carboxylic acids is 1. The van der Waals surface area contributed by atoms with E-state index in [-0.39, 0.29) is 12.0 Å². The van der Waals surface area contributed by atoms with Crippen LogP contribution in [0.2, 0.25) is 0 Å². The van der Waals surface area contributed by atoms with E-state index >= 15 is 0 Å². The first-order valence-electron chi connectivity index (χ1n) is 6.10. The highest BCUT2D eigenvalue weighted by atomic mass is 19.2. The third-order valence-corrected chi connectivity index (χ3v) is 3.41. The molecule has 3 rings (SSSR count). The molecule has 2 nitrogen and oxygen atoms in total. The van der Waals surface area contributed by atoms with Gasteiger partial charge < -0.3 is 5.32 Å². The molecule has 1 aliphatic rings. The fourth-order valence-corrected chi connectivity index (χ4v) is 2.52. The lowest BCUT2D eigenvalue weighted by Crippen LogP contribution is -2.26. The monoisotopic (exact) mass is 277 g/mol. The zero-order valence-corrected chi connectivity index (χ0v) is 10.3. The molecule has 1 N–H and O–H groups in total. The van der Waals surface area contributed by atoms with Crippen LogP contribution in [0.15, 0.2) is 36.4 Å². The van der Waals surface area contributed by atoms with Gasteiger partial charge >= 0.3 is 0 Å². The molecule has 1 aliphatic heterocycles. The van der Waals surface area contributed by atoms with Gasteiger partial charge in [0.15, 0.2) is 11.6 Å². The Balaban J connectivity index is 2.23. The zero-order chi connectivity index (χ0) is 14.3. The van der Waals surface area contributed by atoms with Crippen LogP contribution in [-0.4, -0.2) is 5.91 Å². The van der Waals surface area contributed by atoms with Crippen molar-refractivity contribution in [2.24, 2.45) is 0 Å². The molecule has 0 spiro atoms. The Morgan fingerprint density at radius 2 is 1.75 bits per heavy atom. The van der Waals surface area contributed by atoms with Gasteiger partial charge in [-0.15, -0.1) is 0 Å². The predicted molar refractivity (Wildman–Crippen MR) is 67.8 cm³/mol. The van der Waals surface area contributed by atoms with E-state index < -0.39 is 35.0 Å². The molecule has 0 aliphatic carbocycles. The molecule has 0 fully saturated rings. The van der Waals surface area contributed by atoms with E-state index in [1.54, 1.807) is 30.3 Å². The number of carbonyl (C=O) groups is 1. The highest BCUT2D eigenvalue weighted by Crippen LogP contribution is 2.40. The Morgan fingerprint density at radius 3 is 2.45 bits per heavy atom. The molecule has 0 radical (unpaired) electrons. The summed E-state index contributed by atoms with van der Waals surface area (Å²) in [4.78, 5) is 11.7. The number of benzene rings is 2. The summed E-state index contributed by atoms with van der Waals surface area (Å²) in [5.74, 6) is -4.47. The van der Waals surface area contributed by atoms with Gasteiger partial charge in [-0.25, -0.2) is 13.2 Å². The molecule has 5 heteroatoms. The van der Waals surface area contributed by atoms with Crippen LogP contribution in [-0.2, 0) is 4.79 Å². The number of hydrogen-bond acceptors (Lipinski definition) is 1. The third-order valence-electron chi connectivity index (χ3n) is 3.41. The lowest BCUT2D eigenvalue weighted by atomic mass is 9.84. The van der Waals surface area contributed by atoms with Crippen molar-refractivity contribution in [2.75, 3.05) is 5.32 Å². The van der Waals surface area contributed by atoms with Crippen molar-refractivity contribution in [1.82, 2.24) is 0 Å². The SMILES string of the molecule is O=C1CC(c2ccccc2)c2c(F)cc(F)c(F)c2N1. The molecule has 1 amide bonds. The van der Waals surface area contributed by atoms with Crippen molar-refractivity contribution in [3.63, 3.8) is 0 Å². The van der Waals surface area contributed by atoms with Gasteiger partial charge in [0, 0.05) is 24.0 Å². The van der Waals surface area contributed by atoms with Crippen molar-refractivity contribution >= 4 is 11.6 Å². The first kappa shape index (κ1) is 12.7. The molecule has 102 valence electrons. The van der Waals surface area contributed by atoms with Gasteiger partial charge in [-0.3, -0.25) is 4.79 Å². The normalized spacial score (nSPS) is 17.6. The average molecular weight is 277 g/mol. The minimum atomic E-state index is -1.31. The second-order valence-corrected chi connectivity index (χ2v) is 4.66. The number of hydrogen-bond donors (Lipinski definition) is 1. The minimum Gasteiger partial charge on any atom is -0.323 e. The van der Waals surface area contributed by atoms with E-state index in [1.807, 2.05) is 0 Å². The summed E-state index contributed by atoms with van der Waals surface area (Å²) >= 11 is 0. The van der Waals surface area contributed by atoms with Crippen molar-refractivity contribution in [3.8, 4) is 0 Å². The molecule has 1 heterocycles. The van der Waals surface area contributed by atoms with E-state index in [2.05, 4.69) is 5.32 Å². The summed E-state index contributed by atoms with van der Waals surface area (Å²) in [5, 5.41) is 2.22. The van der Waals surface area contributed by atoms with Crippen LogP contribution >= 0.6 is 0 Å². The smallest absolute Gasteiger partial charge is 0.225 e. The first-order chi connectivity index (χ1) is 9.58. The van der Waals surface area contributed by atoms with Crippen molar-refractivity contribution in [1.29, 1.82) is 0 Å². The van der Waals surface area contributed by atoms with Gasteiger partial charge in [-0.2, -0.15) is 0 Å². The van der Waals surface area contributed by atoms with E-state index in [0.717, 1.165) is 0 Å². The fraction of sp³-hybridized carbons (Fsp3) is 0.133. The molecule has 1 atom stereocenters. The molecular weight excluding hydrogens is 267 g/mol. The maximum absolute atomic E-state index is 14.0. The lowest BCUT2D eigenvalue weighted by molar-refractivity contribution is -0.116. The molecule has 0 saturated carbocycles. The number of halogens is 3. The standard InChI is InChI=1S/C15H10F3NO/c16-10-7-11(17)14(18)15-13(10)9(6-12(20)19-15)8-4-2-1-3-5-8/h1-5,7,9H,6H2,(H,19,20). The Kier molecular flexibility index (Phi) is 2.97. The molecule has 0 bridgehead atoms. The predicted octanol–water partition coefficient (Wildman–Crippen LogP) is 3.58. The number of fused-ring (bicyclic) bond motifs is 1. The van der Waals surface area contributed by atoms with Gasteiger partial charge in [-0.1, -0.05) is 30.3 Å². The summed E-state index contributed by atoms with van der Waals surface area (Å²) in [6, 6.07) is 9.26. The summed E-state index contributed by atoms with van der Waals surface area (Å²) in [7, 11) is 0. The van der Waals surface area contributed by atoms with Gasteiger partial charge in [-0.05, 0) is 5.56 Å². The number of nitrogens with one attached hydrogen (secondary N) is 1. The first-order valence-corrected chi connectivity index (χ1v) is 6.10. The van der Waals surface area contributed by atoms with Gasteiger partial charge in [0.05, 0.1) is 5.69 Å². The van der Waals surface area contributed by atoms with E-state index in [0.29, 0.717) is 11.6 Å². The molecule has 0 aromatic heterocycles. The second-order valence-electron chi connectivity index (χ2n) is 4.66. The third kappa shape index (κ3) is 1.95. The molecule has 1 unspecified atom stereocenters. The lowest BCUT2D eigenvalue weighted by Gasteiger charge is -2.26. The molecule has 2 aromatic carbocycles. The van der Waals surface area contributed by atoms with Crippen molar-refractivity contribution in [2.45, 2.75) is 12.3 Å². The molecule has 20 heavy (non-hydrogen) atoms. The van der Waals surface area contributed by atoms with Crippen LogP contribution in [0, 0.1) is 17.5 Å².